The minimum absolute atomic E-state index is 0.241. The molecule has 0 bridgehead atoms. The molecule has 1 aromatic carbocycles. The van der Waals surface area contributed by atoms with Crippen molar-refractivity contribution in [2.75, 3.05) is 5.32 Å². The highest BCUT2D eigenvalue weighted by atomic mass is 16.5. The summed E-state index contributed by atoms with van der Waals surface area (Å²) >= 11 is 0. The molecule has 1 aliphatic rings. The van der Waals surface area contributed by atoms with Gasteiger partial charge in [0.05, 0.1) is 0 Å². The zero-order valence-corrected chi connectivity index (χ0v) is 14.0. The number of esters is 1. The first kappa shape index (κ1) is 18.4. The van der Waals surface area contributed by atoms with Gasteiger partial charge in [-0.15, -0.1) is 0 Å². The Morgan fingerprint density at radius 3 is 2.60 bits per heavy atom. The van der Waals surface area contributed by atoms with Gasteiger partial charge in [0.15, 0.2) is 5.78 Å². The Hall–Kier alpha value is -2.89. The Morgan fingerprint density at radius 2 is 1.96 bits per heavy atom. The molecule has 0 heterocycles. The van der Waals surface area contributed by atoms with Crippen molar-refractivity contribution < 1.29 is 19.1 Å². The summed E-state index contributed by atoms with van der Waals surface area (Å²) in [6, 6.07) is 5.75. The van der Waals surface area contributed by atoms with E-state index in [0.717, 1.165) is 18.4 Å². The second kappa shape index (κ2) is 9.42. The largest absolute Gasteiger partial charge is 0.427 e. The molecule has 3 N–H and O–H groups in total. The summed E-state index contributed by atoms with van der Waals surface area (Å²) in [4.78, 5) is 33.9. The number of carbonyl (C=O) groups is 3. The average molecular weight is 342 g/mol. The lowest BCUT2D eigenvalue weighted by Crippen LogP contribution is -2.19. The second-order valence-corrected chi connectivity index (χ2v) is 5.75. The fourth-order valence-corrected chi connectivity index (χ4v) is 2.47. The van der Waals surface area contributed by atoms with E-state index in [2.05, 4.69) is 5.32 Å². The summed E-state index contributed by atoms with van der Waals surface area (Å²) in [7, 11) is 0. The predicted molar refractivity (Wildman–Crippen MR) is 95.2 cm³/mol. The lowest BCUT2D eigenvalue weighted by atomic mass is 10.1. The van der Waals surface area contributed by atoms with E-state index in [4.69, 9.17) is 10.5 Å². The predicted octanol–water partition coefficient (Wildman–Crippen LogP) is 3.49. The van der Waals surface area contributed by atoms with Crippen LogP contribution in [0, 0.1) is 0 Å². The molecule has 0 radical (unpaired) electrons. The van der Waals surface area contributed by atoms with Crippen LogP contribution in [0.15, 0.2) is 48.1 Å². The number of rotatable bonds is 8. The SMILES string of the molecule is NC(=O)Nc1ccc(OC(=O)CCC/C=C\CC2=CCCC2=O)cc1. The van der Waals surface area contributed by atoms with Crippen LogP contribution >= 0.6 is 0 Å². The van der Waals surface area contributed by atoms with Gasteiger partial charge in [-0.25, -0.2) is 4.79 Å². The molecular weight excluding hydrogens is 320 g/mol. The van der Waals surface area contributed by atoms with Crippen molar-refractivity contribution in [3.63, 3.8) is 0 Å². The molecule has 1 aliphatic carbocycles. The van der Waals surface area contributed by atoms with E-state index in [1.54, 1.807) is 24.3 Å². The number of ether oxygens (including phenoxy) is 1. The summed E-state index contributed by atoms with van der Waals surface area (Å²) in [6.45, 7) is 0. The summed E-state index contributed by atoms with van der Waals surface area (Å²) in [5.74, 6) is 0.352. The molecule has 0 unspecified atom stereocenters. The van der Waals surface area contributed by atoms with Crippen LogP contribution < -0.4 is 15.8 Å². The van der Waals surface area contributed by atoms with E-state index in [1.807, 2.05) is 18.2 Å². The number of amides is 2. The molecule has 2 amide bonds. The van der Waals surface area contributed by atoms with Crippen molar-refractivity contribution in [2.24, 2.45) is 5.73 Å². The number of anilines is 1. The fourth-order valence-electron chi connectivity index (χ4n) is 2.47. The number of urea groups is 1. The Bertz CT molecular complexity index is 690. The van der Waals surface area contributed by atoms with Crippen molar-refractivity contribution in [2.45, 2.75) is 38.5 Å². The van der Waals surface area contributed by atoms with E-state index in [9.17, 15) is 14.4 Å². The van der Waals surface area contributed by atoms with Gasteiger partial charge in [-0.05, 0) is 55.5 Å². The van der Waals surface area contributed by atoms with E-state index in [1.165, 1.54) is 0 Å². The molecule has 0 atom stereocenters. The van der Waals surface area contributed by atoms with Gasteiger partial charge in [0.2, 0.25) is 0 Å². The van der Waals surface area contributed by atoms with Crippen LogP contribution in [0.25, 0.3) is 0 Å². The minimum Gasteiger partial charge on any atom is -0.427 e. The monoisotopic (exact) mass is 342 g/mol. The molecule has 2 rings (SSSR count). The van der Waals surface area contributed by atoms with Crippen LogP contribution in [0.1, 0.15) is 38.5 Å². The number of hydrogen-bond donors (Lipinski definition) is 2. The highest BCUT2D eigenvalue weighted by Gasteiger charge is 2.12. The fraction of sp³-hybridized carbons (Fsp3) is 0.316. The van der Waals surface area contributed by atoms with Crippen LogP contribution in [0.5, 0.6) is 5.75 Å². The van der Waals surface area contributed by atoms with Gasteiger partial charge in [0, 0.05) is 18.5 Å². The molecule has 0 saturated heterocycles. The van der Waals surface area contributed by atoms with Gasteiger partial charge in [-0.2, -0.15) is 0 Å². The first-order valence-corrected chi connectivity index (χ1v) is 8.29. The summed E-state index contributed by atoms with van der Waals surface area (Å²) < 4.78 is 5.22. The number of Topliss-reactive ketones (excluding diaryl/α,β-unsaturated/α-hetero) is 1. The van der Waals surface area contributed by atoms with Crippen LogP contribution in [0.2, 0.25) is 0 Å². The molecule has 0 fully saturated rings. The van der Waals surface area contributed by atoms with Crippen molar-refractivity contribution in [1.29, 1.82) is 0 Å². The van der Waals surface area contributed by atoms with E-state index < -0.39 is 6.03 Å². The second-order valence-electron chi connectivity index (χ2n) is 5.75. The maximum absolute atomic E-state index is 11.8. The Balaban J connectivity index is 1.63. The highest BCUT2D eigenvalue weighted by Crippen LogP contribution is 2.18. The zero-order valence-electron chi connectivity index (χ0n) is 14.0. The molecule has 1 aromatic rings. The molecule has 6 heteroatoms. The molecule has 0 aromatic heterocycles. The smallest absolute Gasteiger partial charge is 0.316 e. The molecule has 25 heavy (non-hydrogen) atoms. The third-order valence-corrected chi connectivity index (χ3v) is 3.73. The first-order chi connectivity index (χ1) is 12.0. The van der Waals surface area contributed by atoms with Gasteiger partial charge in [0.25, 0.3) is 0 Å². The van der Waals surface area contributed by atoms with Crippen molar-refractivity contribution in [3.8, 4) is 5.75 Å². The molecule has 0 spiro atoms. The van der Waals surface area contributed by atoms with Crippen molar-refractivity contribution in [1.82, 2.24) is 0 Å². The quantitative estimate of drug-likeness (QED) is 0.327. The van der Waals surface area contributed by atoms with Gasteiger partial charge >= 0.3 is 12.0 Å². The van der Waals surface area contributed by atoms with Gasteiger partial charge in [-0.1, -0.05) is 18.2 Å². The van der Waals surface area contributed by atoms with Crippen LogP contribution in [-0.2, 0) is 9.59 Å². The number of nitrogens with two attached hydrogens (primary N) is 1. The number of primary amides is 1. The average Bonchev–Trinajstić information content (AvgIpc) is 2.97. The molecule has 0 aliphatic heterocycles. The Morgan fingerprint density at radius 1 is 1.20 bits per heavy atom. The summed E-state index contributed by atoms with van der Waals surface area (Å²) in [5, 5.41) is 2.43. The number of ketones is 1. The molecule has 6 nitrogen and oxygen atoms in total. The van der Waals surface area contributed by atoms with E-state index >= 15 is 0 Å². The van der Waals surface area contributed by atoms with Crippen molar-refractivity contribution >= 4 is 23.5 Å². The number of allylic oxidation sites excluding steroid dienone is 4. The molecule has 0 saturated carbocycles. The maximum Gasteiger partial charge on any atom is 0.316 e. The number of unbranched alkanes of at least 4 members (excludes halogenated alkanes) is 1. The first-order valence-electron chi connectivity index (χ1n) is 8.29. The number of nitrogens with one attached hydrogen (secondary N) is 1. The van der Waals surface area contributed by atoms with Crippen LogP contribution in [0.3, 0.4) is 0 Å². The standard InChI is InChI=1S/C19H22N2O4/c20-19(24)21-15-10-12-16(13-11-15)25-18(23)9-4-2-1-3-6-14-7-5-8-17(14)22/h1,3,7,10-13H,2,4-6,8-9H2,(H3,20,21,24)/b3-1-. The molecular formula is C19H22N2O4. The Kier molecular flexibility index (Phi) is 6.95. The van der Waals surface area contributed by atoms with Crippen LogP contribution in [-0.4, -0.2) is 17.8 Å². The Labute approximate surface area is 146 Å². The topological polar surface area (TPSA) is 98.5 Å². The van der Waals surface area contributed by atoms with E-state index in [0.29, 0.717) is 37.1 Å². The van der Waals surface area contributed by atoms with Crippen molar-refractivity contribution in [3.05, 3.63) is 48.1 Å². The number of carbonyl (C=O) groups excluding carboxylic acids is 3. The lowest BCUT2D eigenvalue weighted by molar-refractivity contribution is -0.134. The molecule has 132 valence electrons. The van der Waals surface area contributed by atoms with E-state index in [-0.39, 0.29) is 11.8 Å². The lowest BCUT2D eigenvalue weighted by Gasteiger charge is -2.05. The van der Waals surface area contributed by atoms with Gasteiger partial charge in [0.1, 0.15) is 5.75 Å². The highest BCUT2D eigenvalue weighted by molar-refractivity contribution is 5.97. The summed E-state index contributed by atoms with van der Waals surface area (Å²) in [6.07, 6.45) is 9.88. The zero-order chi connectivity index (χ0) is 18.1. The third kappa shape index (κ3) is 6.63. The normalized spacial score (nSPS) is 13.8. The van der Waals surface area contributed by atoms with Crippen LogP contribution in [0.4, 0.5) is 10.5 Å². The summed E-state index contributed by atoms with van der Waals surface area (Å²) in [5.41, 5.74) is 6.44. The number of hydrogen-bond acceptors (Lipinski definition) is 4. The minimum atomic E-state index is -0.647. The van der Waals surface area contributed by atoms with Gasteiger partial charge in [-0.3, -0.25) is 9.59 Å². The van der Waals surface area contributed by atoms with Gasteiger partial charge < -0.3 is 15.8 Å². The maximum atomic E-state index is 11.8. The third-order valence-electron chi connectivity index (χ3n) is 3.73. The number of benzene rings is 1.